The Kier molecular flexibility index (Phi) is 2.46. The van der Waals surface area contributed by atoms with E-state index in [4.69, 9.17) is 10.2 Å². The van der Waals surface area contributed by atoms with Crippen LogP contribution in [-0.2, 0) is 6.42 Å². The lowest BCUT2D eigenvalue weighted by Crippen LogP contribution is -1.98. The van der Waals surface area contributed by atoms with Crippen molar-refractivity contribution in [3.05, 3.63) is 33.7 Å². The summed E-state index contributed by atoms with van der Waals surface area (Å²) in [5, 5.41) is 0. The van der Waals surface area contributed by atoms with Gasteiger partial charge in [0.1, 0.15) is 11.3 Å². The monoisotopic (exact) mass is 341 g/mol. The maximum atomic E-state index is 5.62. The van der Waals surface area contributed by atoms with Gasteiger partial charge in [-0.2, -0.15) is 4.98 Å². The van der Waals surface area contributed by atoms with Crippen LogP contribution in [0.4, 0.5) is 5.95 Å². The fourth-order valence-corrected chi connectivity index (χ4v) is 2.17. The van der Waals surface area contributed by atoms with Gasteiger partial charge >= 0.3 is 0 Å². The molecule has 0 aliphatic carbocycles. The van der Waals surface area contributed by atoms with Crippen molar-refractivity contribution in [3.63, 3.8) is 0 Å². The number of aromatic nitrogens is 4. The fourth-order valence-electron chi connectivity index (χ4n) is 1.65. The van der Waals surface area contributed by atoms with Crippen molar-refractivity contribution >= 4 is 39.7 Å². The molecule has 0 aromatic carbocycles. The van der Waals surface area contributed by atoms with Gasteiger partial charge in [0, 0.05) is 22.6 Å². The first-order valence-corrected chi connectivity index (χ1v) is 6.00. The molecule has 0 aliphatic rings. The summed E-state index contributed by atoms with van der Waals surface area (Å²) < 4.78 is 5.95. The minimum atomic E-state index is 0.344. The Morgan fingerprint density at radius 1 is 1.35 bits per heavy atom. The Labute approximate surface area is 110 Å². The molecule has 7 heteroatoms. The van der Waals surface area contributed by atoms with Gasteiger partial charge in [0.05, 0.1) is 18.4 Å². The van der Waals surface area contributed by atoms with E-state index in [-0.39, 0.29) is 0 Å². The van der Waals surface area contributed by atoms with Crippen molar-refractivity contribution in [2.45, 2.75) is 6.42 Å². The number of hydrogen-bond donors (Lipinski definition) is 2. The van der Waals surface area contributed by atoms with Crippen LogP contribution >= 0.6 is 22.6 Å². The maximum absolute atomic E-state index is 5.62. The third-order valence-corrected chi connectivity index (χ3v) is 2.82. The van der Waals surface area contributed by atoms with Gasteiger partial charge in [0.2, 0.25) is 0 Å². The number of nitrogens with zero attached hydrogens (tertiary/aromatic N) is 3. The molecule has 3 heterocycles. The van der Waals surface area contributed by atoms with Crippen LogP contribution in [-0.4, -0.2) is 19.9 Å². The molecule has 86 valence electrons. The Bertz CT molecular complexity index is 661. The van der Waals surface area contributed by atoms with Gasteiger partial charge < -0.3 is 15.1 Å². The molecule has 6 nitrogen and oxygen atoms in total. The topological polar surface area (TPSA) is 93.6 Å². The first kappa shape index (κ1) is 10.5. The number of nitrogens with two attached hydrogens (primary N) is 1. The van der Waals surface area contributed by atoms with E-state index < -0.39 is 0 Å². The van der Waals surface area contributed by atoms with E-state index in [0.717, 1.165) is 17.0 Å². The zero-order valence-electron chi connectivity index (χ0n) is 8.64. The van der Waals surface area contributed by atoms with Crippen LogP contribution in [0.3, 0.4) is 0 Å². The van der Waals surface area contributed by atoms with Gasteiger partial charge in [-0.25, -0.2) is 9.97 Å². The second kappa shape index (κ2) is 3.99. The van der Waals surface area contributed by atoms with Crippen molar-refractivity contribution in [1.29, 1.82) is 0 Å². The van der Waals surface area contributed by atoms with Crippen LogP contribution in [0.25, 0.3) is 11.2 Å². The Balaban J connectivity index is 2.14. The van der Waals surface area contributed by atoms with Gasteiger partial charge in [0.15, 0.2) is 15.4 Å². The van der Waals surface area contributed by atoms with Crippen LogP contribution < -0.4 is 5.73 Å². The van der Waals surface area contributed by atoms with Gasteiger partial charge in [0.25, 0.3) is 0 Å². The SMILES string of the molecule is Nc1nc2nc(I)nc(Cc3ccco3)c2[nH]1. The second-order valence-electron chi connectivity index (χ2n) is 3.52. The summed E-state index contributed by atoms with van der Waals surface area (Å²) in [5.41, 5.74) is 7.80. The zero-order valence-corrected chi connectivity index (χ0v) is 10.8. The Hall–Kier alpha value is -1.64. The summed E-state index contributed by atoms with van der Waals surface area (Å²) in [5.74, 6) is 1.19. The van der Waals surface area contributed by atoms with E-state index in [2.05, 4.69) is 42.5 Å². The molecule has 0 fully saturated rings. The van der Waals surface area contributed by atoms with E-state index in [9.17, 15) is 0 Å². The number of anilines is 1. The quantitative estimate of drug-likeness (QED) is 0.547. The van der Waals surface area contributed by atoms with Crippen molar-refractivity contribution in [2.24, 2.45) is 0 Å². The van der Waals surface area contributed by atoms with Gasteiger partial charge in [-0.15, -0.1) is 0 Å². The minimum absolute atomic E-state index is 0.344. The number of halogens is 1. The van der Waals surface area contributed by atoms with Crippen LogP contribution in [0.2, 0.25) is 0 Å². The average Bonchev–Trinajstić information content (AvgIpc) is 2.86. The predicted octanol–water partition coefficient (Wildman–Crippen LogP) is 1.72. The highest BCUT2D eigenvalue weighted by molar-refractivity contribution is 14.1. The lowest BCUT2D eigenvalue weighted by atomic mass is 10.2. The van der Waals surface area contributed by atoms with Gasteiger partial charge in [-0.1, -0.05) is 0 Å². The van der Waals surface area contributed by atoms with Crippen molar-refractivity contribution in [1.82, 2.24) is 19.9 Å². The van der Waals surface area contributed by atoms with E-state index >= 15 is 0 Å². The summed E-state index contributed by atoms with van der Waals surface area (Å²) in [4.78, 5) is 15.7. The molecule has 0 radical (unpaired) electrons. The number of hydrogen-bond acceptors (Lipinski definition) is 5. The summed E-state index contributed by atoms with van der Waals surface area (Å²) in [6, 6.07) is 3.75. The number of nitrogens with one attached hydrogen (secondary N) is 1. The first-order valence-electron chi connectivity index (χ1n) is 4.92. The highest BCUT2D eigenvalue weighted by Gasteiger charge is 2.12. The number of imidazole rings is 1. The van der Waals surface area contributed by atoms with Crippen molar-refractivity contribution < 1.29 is 4.42 Å². The molecule has 0 bridgehead atoms. The normalized spacial score (nSPS) is 11.1. The smallest absolute Gasteiger partial charge is 0.200 e. The number of aromatic amines is 1. The molecule has 0 spiro atoms. The largest absolute Gasteiger partial charge is 0.469 e. The molecular weight excluding hydrogens is 333 g/mol. The lowest BCUT2D eigenvalue weighted by Gasteiger charge is -1.99. The minimum Gasteiger partial charge on any atom is -0.469 e. The maximum Gasteiger partial charge on any atom is 0.200 e. The summed E-state index contributed by atoms with van der Waals surface area (Å²) in [6.45, 7) is 0. The molecule has 0 atom stereocenters. The molecule has 3 N–H and O–H groups in total. The van der Waals surface area contributed by atoms with Crippen LogP contribution in [0.1, 0.15) is 11.5 Å². The molecule has 17 heavy (non-hydrogen) atoms. The second-order valence-corrected chi connectivity index (χ2v) is 4.48. The number of furan rings is 1. The zero-order chi connectivity index (χ0) is 11.8. The molecule has 0 aliphatic heterocycles. The highest BCUT2D eigenvalue weighted by Crippen LogP contribution is 2.18. The molecular formula is C10H8IN5O. The van der Waals surface area contributed by atoms with Crippen LogP contribution in [0.15, 0.2) is 22.8 Å². The molecule has 3 aromatic heterocycles. The van der Waals surface area contributed by atoms with Crippen molar-refractivity contribution in [3.8, 4) is 0 Å². The lowest BCUT2D eigenvalue weighted by molar-refractivity contribution is 0.519. The first-order chi connectivity index (χ1) is 8.22. The Morgan fingerprint density at radius 3 is 3.00 bits per heavy atom. The van der Waals surface area contributed by atoms with Gasteiger partial charge in [-0.05, 0) is 12.1 Å². The van der Waals surface area contributed by atoms with E-state index in [0.29, 0.717) is 21.8 Å². The van der Waals surface area contributed by atoms with Gasteiger partial charge in [-0.3, -0.25) is 0 Å². The molecule has 0 unspecified atom stereocenters. The summed E-state index contributed by atoms with van der Waals surface area (Å²) >= 11 is 2.06. The number of fused-ring (bicyclic) bond motifs is 1. The van der Waals surface area contributed by atoms with Crippen LogP contribution in [0, 0.1) is 3.83 Å². The molecule has 0 amide bonds. The standard InChI is InChI=1S/C10H8IN5O/c11-9-13-6(4-5-2-1-3-17-5)7-8(15-9)16-10(12)14-7/h1-3H,4H2,(H3,12,13,14,15,16). The third-order valence-electron chi connectivity index (χ3n) is 2.34. The number of nitrogen functional groups attached to an aromatic ring is 1. The summed E-state index contributed by atoms with van der Waals surface area (Å²) in [6.07, 6.45) is 2.23. The van der Waals surface area contributed by atoms with Crippen LogP contribution in [0.5, 0.6) is 0 Å². The molecule has 0 saturated carbocycles. The number of H-pyrrole nitrogens is 1. The number of rotatable bonds is 2. The highest BCUT2D eigenvalue weighted by atomic mass is 127. The molecule has 0 saturated heterocycles. The van der Waals surface area contributed by atoms with E-state index in [1.165, 1.54) is 0 Å². The third kappa shape index (κ3) is 1.97. The average molecular weight is 341 g/mol. The van der Waals surface area contributed by atoms with E-state index in [1.807, 2.05) is 12.1 Å². The fraction of sp³-hybridized carbons (Fsp3) is 0.100. The summed E-state index contributed by atoms with van der Waals surface area (Å²) in [7, 11) is 0. The molecule has 3 rings (SSSR count). The Morgan fingerprint density at radius 2 is 2.24 bits per heavy atom. The van der Waals surface area contributed by atoms with E-state index in [1.54, 1.807) is 6.26 Å². The molecule has 3 aromatic rings. The van der Waals surface area contributed by atoms with Crippen molar-refractivity contribution in [2.75, 3.05) is 5.73 Å². The predicted molar refractivity (Wildman–Crippen MR) is 70.3 cm³/mol.